The lowest BCUT2D eigenvalue weighted by atomic mass is 10.0. The summed E-state index contributed by atoms with van der Waals surface area (Å²) >= 11 is 6.17. The lowest BCUT2D eigenvalue weighted by molar-refractivity contribution is -0.305. The highest BCUT2D eigenvalue weighted by Crippen LogP contribution is 2.33. The second-order valence-corrected chi connectivity index (χ2v) is 6.38. The molecule has 0 N–H and O–H groups in total. The highest BCUT2D eigenvalue weighted by Gasteiger charge is 2.31. The average Bonchev–Trinajstić information content (AvgIpc) is 2.75. The van der Waals surface area contributed by atoms with E-state index in [0.29, 0.717) is 4.91 Å². The molecule has 0 aromatic heterocycles. The molecule has 1 aliphatic rings. The summed E-state index contributed by atoms with van der Waals surface area (Å²) in [4.78, 5) is 24.4. The zero-order valence-corrected chi connectivity index (χ0v) is 12.9. The molecule has 3 rings (SSSR count). The van der Waals surface area contributed by atoms with Gasteiger partial charge < -0.3 is 9.90 Å². The molecule has 0 bridgehead atoms. The summed E-state index contributed by atoms with van der Waals surface area (Å²) in [7, 11) is 0. The minimum atomic E-state index is -1.33. The summed E-state index contributed by atoms with van der Waals surface area (Å²) in [5, 5.41) is 12.8. The molecule has 0 saturated carbocycles. The van der Waals surface area contributed by atoms with Gasteiger partial charge in [0.15, 0.2) is 0 Å². The Hall–Kier alpha value is -2.18. The van der Waals surface area contributed by atoms with Crippen LogP contribution in [0.15, 0.2) is 47.4 Å². The number of thioether (sulfide) groups is 1. The van der Waals surface area contributed by atoms with E-state index in [0.717, 1.165) is 33.0 Å². The van der Waals surface area contributed by atoms with E-state index in [2.05, 4.69) is 0 Å². The van der Waals surface area contributed by atoms with Gasteiger partial charge >= 0.3 is 0 Å². The SMILES string of the molecule is O=C([O-])CN1C(=O)/C(=C/c2cccc3ccccc23)SC1=S. The number of carboxylic acids is 1. The van der Waals surface area contributed by atoms with E-state index in [9.17, 15) is 14.7 Å². The van der Waals surface area contributed by atoms with Gasteiger partial charge in [-0.1, -0.05) is 66.4 Å². The highest BCUT2D eigenvalue weighted by atomic mass is 32.2. The third-order valence-electron chi connectivity index (χ3n) is 3.27. The second-order valence-electron chi connectivity index (χ2n) is 4.71. The molecule has 2 aromatic rings. The number of carbonyl (C=O) groups excluding carboxylic acids is 2. The Bertz CT molecular complexity index is 824. The van der Waals surface area contributed by atoms with E-state index in [1.165, 1.54) is 0 Å². The Morgan fingerprint density at radius 2 is 1.95 bits per heavy atom. The van der Waals surface area contributed by atoms with Crippen molar-refractivity contribution in [1.29, 1.82) is 0 Å². The van der Waals surface area contributed by atoms with E-state index < -0.39 is 18.4 Å². The minimum absolute atomic E-state index is 0.237. The first-order valence-electron chi connectivity index (χ1n) is 6.49. The second kappa shape index (κ2) is 5.90. The maximum Gasteiger partial charge on any atom is 0.266 e. The number of amides is 1. The van der Waals surface area contributed by atoms with Gasteiger partial charge in [-0.3, -0.25) is 9.69 Å². The lowest BCUT2D eigenvalue weighted by Gasteiger charge is -2.14. The number of benzene rings is 2. The molecule has 1 saturated heterocycles. The van der Waals surface area contributed by atoms with Crippen molar-refractivity contribution in [2.75, 3.05) is 6.54 Å². The molecule has 1 fully saturated rings. The third kappa shape index (κ3) is 2.75. The fourth-order valence-corrected chi connectivity index (χ4v) is 3.53. The van der Waals surface area contributed by atoms with Crippen molar-refractivity contribution >= 4 is 57.0 Å². The third-order valence-corrected chi connectivity index (χ3v) is 4.65. The predicted molar refractivity (Wildman–Crippen MR) is 88.8 cm³/mol. The summed E-state index contributed by atoms with van der Waals surface area (Å²) in [6, 6.07) is 13.7. The molecule has 0 aliphatic carbocycles. The van der Waals surface area contributed by atoms with E-state index in [1.54, 1.807) is 6.08 Å². The average molecular weight is 328 g/mol. The molecule has 0 radical (unpaired) electrons. The number of aliphatic carboxylic acids is 1. The van der Waals surface area contributed by atoms with Gasteiger partial charge in [-0.15, -0.1) is 0 Å². The van der Waals surface area contributed by atoms with E-state index >= 15 is 0 Å². The van der Waals surface area contributed by atoms with Crippen LogP contribution in [0.1, 0.15) is 5.56 Å². The minimum Gasteiger partial charge on any atom is -0.548 e. The van der Waals surface area contributed by atoms with Gasteiger partial charge in [0.2, 0.25) is 0 Å². The zero-order chi connectivity index (χ0) is 15.7. The van der Waals surface area contributed by atoms with Crippen LogP contribution in [0.3, 0.4) is 0 Å². The van der Waals surface area contributed by atoms with Gasteiger partial charge in [0.1, 0.15) is 4.32 Å². The van der Waals surface area contributed by atoms with E-state index in [4.69, 9.17) is 12.2 Å². The molecule has 6 heteroatoms. The summed E-state index contributed by atoms with van der Waals surface area (Å²) in [5.41, 5.74) is 0.895. The topological polar surface area (TPSA) is 60.4 Å². The zero-order valence-electron chi connectivity index (χ0n) is 11.3. The van der Waals surface area contributed by atoms with Gasteiger partial charge in [-0.2, -0.15) is 0 Å². The van der Waals surface area contributed by atoms with Crippen LogP contribution in [0.2, 0.25) is 0 Å². The van der Waals surface area contributed by atoms with Crippen LogP contribution in [0.25, 0.3) is 16.8 Å². The van der Waals surface area contributed by atoms with Crippen molar-refractivity contribution in [2.45, 2.75) is 0 Å². The summed E-state index contributed by atoms with van der Waals surface area (Å²) in [5.74, 6) is -1.73. The van der Waals surface area contributed by atoms with Crippen molar-refractivity contribution in [3.63, 3.8) is 0 Å². The van der Waals surface area contributed by atoms with Gasteiger partial charge in [-0.25, -0.2) is 0 Å². The van der Waals surface area contributed by atoms with Crippen molar-refractivity contribution in [1.82, 2.24) is 4.90 Å². The monoisotopic (exact) mass is 328 g/mol. The predicted octanol–water partition coefficient (Wildman–Crippen LogP) is 1.79. The Kier molecular flexibility index (Phi) is 3.96. The fraction of sp³-hybridized carbons (Fsp3) is 0.0625. The van der Waals surface area contributed by atoms with Crippen LogP contribution in [-0.2, 0) is 9.59 Å². The molecule has 0 spiro atoms. The Balaban J connectivity index is 2.00. The van der Waals surface area contributed by atoms with Gasteiger partial charge in [-0.05, 0) is 22.4 Å². The lowest BCUT2D eigenvalue weighted by Crippen LogP contribution is -2.40. The molecule has 22 heavy (non-hydrogen) atoms. The van der Waals surface area contributed by atoms with Crippen LogP contribution >= 0.6 is 24.0 Å². The molecule has 2 aromatic carbocycles. The maximum absolute atomic E-state index is 12.3. The first-order chi connectivity index (χ1) is 10.6. The van der Waals surface area contributed by atoms with Crippen molar-refractivity contribution < 1.29 is 14.7 Å². The maximum atomic E-state index is 12.3. The Morgan fingerprint density at radius 3 is 2.73 bits per heavy atom. The van der Waals surface area contributed by atoms with Gasteiger partial charge in [0.25, 0.3) is 5.91 Å². The van der Waals surface area contributed by atoms with Crippen molar-refractivity contribution in [3.8, 4) is 0 Å². The number of carboxylic acid groups (broad SMARTS) is 1. The van der Waals surface area contributed by atoms with Crippen LogP contribution in [0.4, 0.5) is 0 Å². The number of carbonyl (C=O) groups is 2. The van der Waals surface area contributed by atoms with Gasteiger partial charge in [0, 0.05) is 0 Å². The Labute approximate surface area is 136 Å². The van der Waals surface area contributed by atoms with Gasteiger partial charge in [0.05, 0.1) is 17.4 Å². The van der Waals surface area contributed by atoms with Crippen molar-refractivity contribution in [3.05, 3.63) is 52.9 Å². The molecule has 110 valence electrons. The number of thiocarbonyl (C=S) groups is 1. The van der Waals surface area contributed by atoms with Crippen molar-refractivity contribution in [2.24, 2.45) is 0 Å². The number of hydrogen-bond donors (Lipinski definition) is 0. The summed E-state index contributed by atoms with van der Waals surface area (Å²) in [6.45, 7) is -0.516. The van der Waals surface area contributed by atoms with Crippen LogP contribution in [0, 0.1) is 0 Å². The molecular formula is C16H10NO3S2-. The van der Waals surface area contributed by atoms with Crippen LogP contribution in [-0.4, -0.2) is 27.6 Å². The molecule has 0 atom stereocenters. The van der Waals surface area contributed by atoms with E-state index in [1.807, 2.05) is 42.5 Å². The molecule has 1 heterocycles. The summed E-state index contributed by atoms with van der Waals surface area (Å²) in [6.07, 6.45) is 1.75. The number of hydrogen-bond acceptors (Lipinski definition) is 5. The number of nitrogens with zero attached hydrogens (tertiary/aromatic N) is 1. The number of fused-ring (bicyclic) bond motifs is 1. The smallest absolute Gasteiger partial charge is 0.266 e. The summed E-state index contributed by atoms with van der Waals surface area (Å²) < 4.78 is 0.237. The quantitative estimate of drug-likeness (QED) is 0.635. The van der Waals surface area contributed by atoms with Crippen LogP contribution < -0.4 is 5.11 Å². The molecule has 4 nitrogen and oxygen atoms in total. The molecule has 1 aliphatic heterocycles. The molecule has 0 unspecified atom stereocenters. The molecular weight excluding hydrogens is 318 g/mol. The normalized spacial score (nSPS) is 16.7. The first-order valence-corrected chi connectivity index (χ1v) is 7.72. The van der Waals surface area contributed by atoms with E-state index in [-0.39, 0.29) is 4.32 Å². The largest absolute Gasteiger partial charge is 0.548 e. The van der Waals surface area contributed by atoms with Crippen LogP contribution in [0.5, 0.6) is 0 Å². The Morgan fingerprint density at radius 1 is 1.23 bits per heavy atom. The fourth-order valence-electron chi connectivity index (χ4n) is 2.28. The number of rotatable bonds is 3. The first kappa shape index (κ1) is 14.7. The molecule has 1 amide bonds. The standard InChI is InChI=1S/C16H11NO3S2/c18-14(19)9-17-15(20)13(22-16(17)21)8-11-6-3-5-10-4-1-2-7-12(10)11/h1-8H,9H2,(H,18,19)/p-1/b13-8-. The highest BCUT2D eigenvalue weighted by molar-refractivity contribution is 8.26.